The maximum absolute atomic E-state index is 11.7. The Kier molecular flexibility index (Phi) is 1.65. The molecular weight excluding hydrogens is 246 g/mol. The van der Waals surface area contributed by atoms with Crippen LogP contribution in [0.3, 0.4) is 0 Å². The average Bonchev–Trinajstić information content (AvgIpc) is 3.05. The molecular formula is C10H12BrNO2. The highest BCUT2D eigenvalue weighted by Gasteiger charge is 2.60. The second kappa shape index (κ2) is 2.60. The van der Waals surface area contributed by atoms with Crippen molar-refractivity contribution >= 4 is 27.7 Å². The summed E-state index contributed by atoms with van der Waals surface area (Å²) < 4.78 is 0. The minimum absolute atomic E-state index is 0.0635. The molecule has 1 aliphatic heterocycles. The van der Waals surface area contributed by atoms with Crippen LogP contribution in [0, 0.1) is 17.3 Å². The third-order valence-corrected chi connectivity index (χ3v) is 4.88. The first-order chi connectivity index (χ1) is 6.67. The quantitative estimate of drug-likeness (QED) is 0.563. The summed E-state index contributed by atoms with van der Waals surface area (Å²) >= 11 is 3.46. The zero-order valence-electron chi connectivity index (χ0n) is 7.83. The number of amides is 2. The van der Waals surface area contributed by atoms with Gasteiger partial charge in [-0.1, -0.05) is 15.9 Å². The molecule has 2 aliphatic carbocycles. The number of alkyl halides is 1. The lowest BCUT2D eigenvalue weighted by atomic mass is 10.1. The predicted octanol–water partition coefficient (Wildman–Crippen LogP) is 1.17. The van der Waals surface area contributed by atoms with Crippen molar-refractivity contribution < 1.29 is 9.59 Å². The SMILES string of the molecule is O=C1C2CC2C(=O)N1CC1(CBr)CC1. The number of carbonyl (C=O) groups is 2. The Bertz CT molecular complexity index is 304. The number of imide groups is 1. The van der Waals surface area contributed by atoms with Gasteiger partial charge in [0.05, 0.1) is 11.8 Å². The Morgan fingerprint density at radius 2 is 1.86 bits per heavy atom. The van der Waals surface area contributed by atoms with Gasteiger partial charge in [-0.05, 0) is 24.7 Å². The molecule has 3 aliphatic rings. The Labute approximate surface area is 91.0 Å². The van der Waals surface area contributed by atoms with E-state index in [-0.39, 0.29) is 29.1 Å². The number of rotatable bonds is 3. The van der Waals surface area contributed by atoms with Crippen molar-refractivity contribution in [2.24, 2.45) is 17.3 Å². The number of piperidine rings is 1. The van der Waals surface area contributed by atoms with E-state index in [0.717, 1.165) is 24.6 Å². The Hall–Kier alpha value is -0.380. The largest absolute Gasteiger partial charge is 0.282 e. The van der Waals surface area contributed by atoms with Crippen LogP contribution in [0.1, 0.15) is 19.3 Å². The van der Waals surface area contributed by atoms with E-state index in [9.17, 15) is 9.59 Å². The van der Waals surface area contributed by atoms with E-state index in [1.165, 1.54) is 4.90 Å². The predicted molar refractivity (Wildman–Crippen MR) is 53.8 cm³/mol. The molecule has 2 amide bonds. The molecule has 0 N–H and O–H groups in total. The standard InChI is InChI=1S/C10H12BrNO2/c11-4-10(1-2-10)5-12-8(13)6-3-7(6)9(12)14/h6-7H,1-5H2. The lowest BCUT2D eigenvalue weighted by Crippen LogP contribution is -2.38. The molecule has 76 valence electrons. The van der Waals surface area contributed by atoms with Crippen LogP contribution in [0.5, 0.6) is 0 Å². The molecule has 0 aromatic carbocycles. The Morgan fingerprint density at radius 3 is 2.29 bits per heavy atom. The minimum atomic E-state index is 0.0635. The number of nitrogens with zero attached hydrogens (tertiary/aromatic N) is 1. The number of halogens is 1. The molecule has 0 radical (unpaired) electrons. The third-order valence-electron chi connectivity index (χ3n) is 3.69. The lowest BCUT2D eigenvalue weighted by molar-refractivity contribution is -0.142. The highest BCUT2D eigenvalue weighted by molar-refractivity contribution is 9.09. The highest BCUT2D eigenvalue weighted by atomic mass is 79.9. The molecule has 2 saturated carbocycles. The Balaban J connectivity index is 1.74. The van der Waals surface area contributed by atoms with Gasteiger partial charge in [0.15, 0.2) is 0 Å². The average molecular weight is 258 g/mol. The smallest absolute Gasteiger partial charge is 0.233 e. The van der Waals surface area contributed by atoms with Crippen molar-refractivity contribution in [2.75, 3.05) is 11.9 Å². The van der Waals surface area contributed by atoms with Crippen LogP contribution in [-0.2, 0) is 9.59 Å². The van der Waals surface area contributed by atoms with E-state index in [4.69, 9.17) is 0 Å². The van der Waals surface area contributed by atoms with Crippen LogP contribution in [-0.4, -0.2) is 28.6 Å². The summed E-state index contributed by atoms with van der Waals surface area (Å²) in [5.41, 5.74) is 0.224. The van der Waals surface area contributed by atoms with Gasteiger partial charge in [0.2, 0.25) is 11.8 Å². The van der Waals surface area contributed by atoms with E-state index in [1.807, 2.05) is 0 Å². The summed E-state index contributed by atoms with van der Waals surface area (Å²) in [7, 11) is 0. The number of carbonyl (C=O) groups excluding carboxylic acids is 2. The molecule has 3 rings (SSSR count). The fraction of sp³-hybridized carbons (Fsp3) is 0.800. The zero-order valence-corrected chi connectivity index (χ0v) is 9.42. The minimum Gasteiger partial charge on any atom is -0.282 e. The van der Waals surface area contributed by atoms with E-state index in [1.54, 1.807) is 0 Å². The first-order valence-corrected chi connectivity index (χ1v) is 6.20. The van der Waals surface area contributed by atoms with Gasteiger partial charge in [0.25, 0.3) is 0 Å². The van der Waals surface area contributed by atoms with Crippen molar-refractivity contribution in [3.05, 3.63) is 0 Å². The molecule has 1 saturated heterocycles. The number of hydrogen-bond donors (Lipinski definition) is 0. The van der Waals surface area contributed by atoms with E-state index >= 15 is 0 Å². The topological polar surface area (TPSA) is 37.4 Å². The maximum atomic E-state index is 11.7. The van der Waals surface area contributed by atoms with Gasteiger partial charge in [0.1, 0.15) is 0 Å². The zero-order chi connectivity index (χ0) is 9.92. The summed E-state index contributed by atoms with van der Waals surface area (Å²) in [5.74, 6) is 0.307. The molecule has 14 heavy (non-hydrogen) atoms. The van der Waals surface area contributed by atoms with Crippen LogP contribution in [0.25, 0.3) is 0 Å². The van der Waals surface area contributed by atoms with Crippen LogP contribution in [0.15, 0.2) is 0 Å². The summed E-state index contributed by atoms with van der Waals surface area (Å²) in [5, 5.41) is 0.909. The van der Waals surface area contributed by atoms with Gasteiger partial charge in [0, 0.05) is 11.9 Å². The van der Waals surface area contributed by atoms with Crippen molar-refractivity contribution in [3.63, 3.8) is 0 Å². The molecule has 0 bridgehead atoms. The fourth-order valence-electron chi connectivity index (χ4n) is 2.25. The number of likely N-dealkylation sites (tertiary alicyclic amines) is 1. The molecule has 2 atom stereocenters. The van der Waals surface area contributed by atoms with Crippen molar-refractivity contribution in [3.8, 4) is 0 Å². The van der Waals surface area contributed by atoms with Crippen molar-refractivity contribution in [1.82, 2.24) is 4.90 Å². The molecule has 1 heterocycles. The lowest BCUT2D eigenvalue weighted by Gasteiger charge is -2.21. The fourth-order valence-corrected chi connectivity index (χ4v) is 2.99. The van der Waals surface area contributed by atoms with Crippen molar-refractivity contribution in [1.29, 1.82) is 0 Å². The van der Waals surface area contributed by atoms with Crippen LogP contribution in [0.4, 0.5) is 0 Å². The van der Waals surface area contributed by atoms with Crippen LogP contribution >= 0.6 is 15.9 Å². The van der Waals surface area contributed by atoms with Crippen LogP contribution in [0.2, 0.25) is 0 Å². The molecule has 0 aromatic heterocycles. The van der Waals surface area contributed by atoms with Crippen molar-refractivity contribution in [2.45, 2.75) is 19.3 Å². The van der Waals surface area contributed by atoms with Gasteiger partial charge >= 0.3 is 0 Å². The van der Waals surface area contributed by atoms with Crippen LogP contribution < -0.4 is 0 Å². The van der Waals surface area contributed by atoms with E-state index < -0.39 is 0 Å². The van der Waals surface area contributed by atoms with E-state index in [2.05, 4.69) is 15.9 Å². The van der Waals surface area contributed by atoms with E-state index in [0.29, 0.717) is 6.54 Å². The molecule has 3 fully saturated rings. The number of fused-ring (bicyclic) bond motifs is 1. The highest BCUT2D eigenvalue weighted by Crippen LogP contribution is 2.52. The second-order valence-corrected chi connectivity index (χ2v) is 5.41. The summed E-state index contributed by atoms with van der Waals surface area (Å²) in [6, 6.07) is 0. The van der Waals surface area contributed by atoms with Gasteiger partial charge in [-0.3, -0.25) is 14.5 Å². The number of hydrogen-bond acceptors (Lipinski definition) is 2. The second-order valence-electron chi connectivity index (χ2n) is 4.84. The summed E-state index contributed by atoms with van der Waals surface area (Å²) in [6.45, 7) is 0.656. The Morgan fingerprint density at radius 1 is 1.29 bits per heavy atom. The molecule has 3 nitrogen and oxygen atoms in total. The van der Waals surface area contributed by atoms with Gasteiger partial charge in [-0.2, -0.15) is 0 Å². The van der Waals surface area contributed by atoms with Gasteiger partial charge < -0.3 is 0 Å². The molecule has 4 heteroatoms. The first-order valence-electron chi connectivity index (χ1n) is 5.08. The van der Waals surface area contributed by atoms with Gasteiger partial charge in [-0.25, -0.2) is 0 Å². The maximum Gasteiger partial charge on any atom is 0.233 e. The van der Waals surface area contributed by atoms with Gasteiger partial charge in [-0.15, -0.1) is 0 Å². The summed E-state index contributed by atoms with van der Waals surface area (Å²) in [4.78, 5) is 24.8. The first kappa shape index (κ1) is 8.89. The normalized spacial score (nSPS) is 37.4. The molecule has 0 aromatic rings. The molecule has 2 unspecified atom stereocenters. The molecule has 0 spiro atoms. The summed E-state index contributed by atoms with van der Waals surface area (Å²) in [6.07, 6.45) is 3.10. The monoisotopic (exact) mass is 257 g/mol. The third kappa shape index (κ3) is 1.09.